The van der Waals surface area contributed by atoms with E-state index in [1.165, 1.54) is 9.60 Å². The number of hydrogen-bond donors (Lipinski definition) is 1. The van der Waals surface area contributed by atoms with Gasteiger partial charge in [0, 0.05) is 11.4 Å². The molecular weight excluding hydrogens is 236 g/mol. The molecule has 16 heavy (non-hydrogen) atoms. The molecule has 2 aromatic rings. The van der Waals surface area contributed by atoms with E-state index in [-0.39, 0.29) is 0 Å². The first kappa shape index (κ1) is 11.7. The van der Waals surface area contributed by atoms with E-state index in [0.717, 1.165) is 29.4 Å². The third-order valence-corrected chi connectivity index (χ3v) is 4.05. The number of nitrogens with one attached hydrogen (secondary N) is 1. The Balaban J connectivity index is 2.23. The third-order valence-electron chi connectivity index (χ3n) is 2.20. The van der Waals surface area contributed by atoms with Crippen LogP contribution in [0.5, 0.6) is 0 Å². The largest absolute Gasteiger partial charge is 0.361 e. The lowest BCUT2D eigenvalue weighted by molar-refractivity contribution is 0.977. The maximum atomic E-state index is 4.55. The molecule has 1 N–H and O–H groups in total. The Morgan fingerprint density at radius 1 is 1.38 bits per heavy atom. The van der Waals surface area contributed by atoms with Crippen LogP contribution in [0.3, 0.4) is 0 Å². The molecule has 4 heteroatoms. The van der Waals surface area contributed by atoms with Crippen LogP contribution in [-0.2, 0) is 0 Å². The van der Waals surface area contributed by atoms with E-state index < -0.39 is 0 Å². The van der Waals surface area contributed by atoms with Crippen LogP contribution in [0.1, 0.15) is 20.3 Å². The second kappa shape index (κ2) is 5.55. The topological polar surface area (TPSA) is 24.9 Å². The summed E-state index contributed by atoms with van der Waals surface area (Å²) in [7, 11) is 0. The predicted octanol–water partition coefficient (Wildman–Crippen LogP) is 4.23. The summed E-state index contributed by atoms with van der Waals surface area (Å²) in [5.41, 5.74) is 1.10. The van der Waals surface area contributed by atoms with Gasteiger partial charge in [-0.1, -0.05) is 25.2 Å². The number of rotatable bonds is 5. The van der Waals surface area contributed by atoms with Gasteiger partial charge in [0.1, 0.15) is 0 Å². The van der Waals surface area contributed by atoms with E-state index in [0.29, 0.717) is 0 Å². The minimum atomic E-state index is 0.996. The zero-order chi connectivity index (χ0) is 11.4. The molecule has 1 aromatic heterocycles. The first-order valence-corrected chi connectivity index (χ1v) is 7.41. The molecule has 86 valence electrons. The van der Waals surface area contributed by atoms with Crippen LogP contribution in [0.4, 0.5) is 5.13 Å². The van der Waals surface area contributed by atoms with Gasteiger partial charge < -0.3 is 5.32 Å². The van der Waals surface area contributed by atoms with E-state index >= 15 is 0 Å². The maximum Gasteiger partial charge on any atom is 0.183 e. The molecule has 0 saturated carbocycles. The molecule has 1 heterocycles. The fourth-order valence-corrected chi connectivity index (χ4v) is 3.17. The Labute approximate surface area is 104 Å². The highest BCUT2D eigenvalue weighted by Gasteiger charge is 2.03. The minimum absolute atomic E-state index is 0.996. The number of anilines is 1. The summed E-state index contributed by atoms with van der Waals surface area (Å²) in [6.45, 7) is 5.34. The van der Waals surface area contributed by atoms with Crippen molar-refractivity contribution in [1.82, 2.24) is 4.98 Å². The van der Waals surface area contributed by atoms with Crippen LogP contribution in [0.2, 0.25) is 0 Å². The number of benzene rings is 1. The number of thioether (sulfide) groups is 1. The zero-order valence-electron chi connectivity index (χ0n) is 9.62. The lowest BCUT2D eigenvalue weighted by Crippen LogP contribution is -1.98. The van der Waals surface area contributed by atoms with Crippen molar-refractivity contribution in [2.24, 2.45) is 0 Å². The molecule has 0 amide bonds. The molecule has 1 aromatic carbocycles. The predicted molar refractivity (Wildman–Crippen MR) is 74.8 cm³/mol. The molecule has 0 fully saturated rings. The van der Waals surface area contributed by atoms with Crippen molar-refractivity contribution in [3.63, 3.8) is 0 Å². The van der Waals surface area contributed by atoms with Gasteiger partial charge in [-0.2, -0.15) is 0 Å². The molecule has 0 aliphatic heterocycles. The van der Waals surface area contributed by atoms with Crippen LogP contribution in [0.25, 0.3) is 10.2 Å². The fourth-order valence-electron chi connectivity index (χ4n) is 1.47. The highest BCUT2D eigenvalue weighted by Crippen LogP contribution is 2.29. The Hall–Kier alpha value is -0.740. The van der Waals surface area contributed by atoms with Gasteiger partial charge in [-0.25, -0.2) is 4.98 Å². The van der Waals surface area contributed by atoms with Crippen molar-refractivity contribution in [2.75, 3.05) is 17.6 Å². The average Bonchev–Trinajstić information content (AvgIpc) is 2.68. The van der Waals surface area contributed by atoms with E-state index in [1.54, 1.807) is 11.3 Å². The summed E-state index contributed by atoms with van der Waals surface area (Å²) in [5, 5.41) is 4.37. The second-order valence-electron chi connectivity index (χ2n) is 3.51. The zero-order valence-corrected chi connectivity index (χ0v) is 11.3. The van der Waals surface area contributed by atoms with Crippen molar-refractivity contribution >= 4 is 38.4 Å². The second-order valence-corrected chi connectivity index (χ2v) is 5.88. The van der Waals surface area contributed by atoms with Crippen molar-refractivity contribution in [3.05, 3.63) is 18.2 Å². The number of nitrogens with zero attached hydrogens (tertiary/aromatic N) is 1. The number of hydrogen-bond acceptors (Lipinski definition) is 4. The Morgan fingerprint density at radius 2 is 2.25 bits per heavy atom. The summed E-state index contributed by atoms with van der Waals surface area (Å²) in [6, 6.07) is 6.50. The van der Waals surface area contributed by atoms with Gasteiger partial charge in [0.25, 0.3) is 0 Å². The molecule has 0 spiro atoms. The van der Waals surface area contributed by atoms with Crippen LogP contribution in [-0.4, -0.2) is 17.3 Å². The normalized spacial score (nSPS) is 10.9. The van der Waals surface area contributed by atoms with Crippen LogP contribution in [0.15, 0.2) is 23.1 Å². The Kier molecular flexibility index (Phi) is 4.07. The summed E-state index contributed by atoms with van der Waals surface area (Å²) in [5.74, 6) is 1.12. The van der Waals surface area contributed by atoms with E-state index in [1.807, 2.05) is 11.8 Å². The third kappa shape index (κ3) is 2.68. The Morgan fingerprint density at radius 3 is 3.00 bits per heavy atom. The molecule has 0 radical (unpaired) electrons. The lowest BCUT2D eigenvalue weighted by atomic mass is 10.3. The smallest absolute Gasteiger partial charge is 0.183 e. The first-order valence-electron chi connectivity index (χ1n) is 5.60. The first-order chi connectivity index (χ1) is 7.83. The van der Waals surface area contributed by atoms with Gasteiger partial charge in [-0.15, -0.1) is 11.8 Å². The van der Waals surface area contributed by atoms with Crippen LogP contribution >= 0.6 is 23.1 Å². The molecule has 0 bridgehead atoms. The van der Waals surface area contributed by atoms with E-state index in [4.69, 9.17) is 0 Å². The molecular formula is C12H16N2S2. The summed E-state index contributed by atoms with van der Waals surface area (Å²) < 4.78 is 1.28. The molecule has 0 aliphatic rings. The van der Waals surface area contributed by atoms with Crippen molar-refractivity contribution in [3.8, 4) is 0 Å². The quantitative estimate of drug-likeness (QED) is 0.806. The number of fused-ring (bicyclic) bond motifs is 1. The maximum absolute atomic E-state index is 4.55. The summed E-state index contributed by atoms with van der Waals surface area (Å²) >= 11 is 3.62. The molecule has 0 atom stereocenters. The number of aromatic nitrogens is 1. The van der Waals surface area contributed by atoms with Crippen LogP contribution < -0.4 is 5.32 Å². The van der Waals surface area contributed by atoms with Gasteiger partial charge in [0.05, 0.1) is 10.2 Å². The van der Waals surface area contributed by atoms with Crippen LogP contribution in [0, 0.1) is 0 Å². The summed E-state index contributed by atoms with van der Waals surface area (Å²) in [4.78, 5) is 5.88. The molecule has 2 nitrogen and oxygen atoms in total. The lowest BCUT2D eigenvalue weighted by Gasteiger charge is -1.96. The van der Waals surface area contributed by atoms with E-state index in [9.17, 15) is 0 Å². The molecule has 0 unspecified atom stereocenters. The fraction of sp³-hybridized carbons (Fsp3) is 0.417. The van der Waals surface area contributed by atoms with Gasteiger partial charge in [-0.3, -0.25) is 0 Å². The molecule has 0 aliphatic carbocycles. The molecule has 2 rings (SSSR count). The summed E-state index contributed by atoms with van der Waals surface area (Å²) in [6.07, 6.45) is 1.13. The van der Waals surface area contributed by atoms with E-state index in [2.05, 4.69) is 42.3 Å². The molecule has 0 saturated heterocycles. The Bertz CT molecular complexity index is 465. The van der Waals surface area contributed by atoms with Gasteiger partial charge >= 0.3 is 0 Å². The van der Waals surface area contributed by atoms with Gasteiger partial charge in [0.2, 0.25) is 0 Å². The van der Waals surface area contributed by atoms with Gasteiger partial charge in [-0.05, 0) is 30.4 Å². The standard InChI is InChI=1S/C12H16N2S2/c1-3-7-13-12-14-10-6-5-9(15-4-2)8-11(10)16-12/h5-6,8H,3-4,7H2,1-2H3,(H,13,14). The monoisotopic (exact) mass is 252 g/mol. The highest BCUT2D eigenvalue weighted by atomic mass is 32.2. The van der Waals surface area contributed by atoms with Crippen molar-refractivity contribution < 1.29 is 0 Å². The SMILES string of the molecule is CCCNc1nc2ccc(SCC)cc2s1. The average molecular weight is 252 g/mol. The highest BCUT2D eigenvalue weighted by molar-refractivity contribution is 7.99. The minimum Gasteiger partial charge on any atom is -0.361 e. The number of thiazole rings is 1. The van der Waals surface area contributed by atoms with Crippen molar-refractivity contribution in [1.29, 1.82) is 0 Å². The van der Waals surface area contributed by atoms with Crippen molar-refractivity contribution in [2.45, 2.75) is 25.2 Å². The van der Waals surface area contributed by atoms with Gasteiger partial charge in [0.15, 0.2) is 5.13 Å².